The normalized spacial score (nSPS) is 18.2. The largest absolute Gasteiger partial charge is 0.457 e. The maximum absolute atomic E-state index is 12.7. The predicted octanol–water partition coefficient (Wildman–Crippen LogP) is 4.25. The van der Waals surface area contributed by atoms with Crippen LogP contribution >= 0.6 is 0 Å². The van der Waals surface area contributed by atoms with Crippen molar-refractivity contribution in [2.24, 2.45) is 0 Å². The monoisotopic (exact) mass is 393 g/mol. The topological polar surface area (TPSA) is 63.7 Å². The molecule has 1 amide bonds. The van der Waals surface area contributed by atoms with Crippen LogP contribution in [0.1, 0.15) is 16.5 Å². The van der Waals surface area contributed by atoms with Crippen LogP contribution in [0.15, 0.2) is 78.9 Å². The highest BCUT2D eigenvalue weighted by Crippen LogP contribution is 2.38. The van der Waals surface area contributed by atoms with Gasteiger partial charge in [-0.05, 0) is 48.9 Å². The van der Waals surface area contributed by atoms with E-state index >= 15 is 0 Å². The Morgan fingerprint density at radius 1 is 0.857 bits per heavy atom. The van der Waals surface area contributed by atoms with Crippen molar-refractivity contribution >= 4 is 21.4 Å². The molecule has 1 aliphatic rings. The molecule has 0 unspecified atom stereocenters. The fraction of sp³-hybridized carbons (Fsp3) is 0.136. The molecule has 5 nitrogen and oxygen atoms in total. The molecule has 0 bridgehead atoms. The molecule has 142 valence electrons. The van der Waals surface area contributed by atoms with Crippen molar-refractivity contribution in [3.63, 3.8) is 0 Å². The van der Waals surface area contributed by atoms with Crippen LogP contribution in [0, 0.1) is 6.92 Å². The number of anilines is 1. The zero-order valence-corrected chi connectivity index (χ0v) is 16.1. The van der Waals surface area contributed by atoms with E-state index in [9.17, 15) is 13.2 Å². The summed E-state index contributed by atoms with van der Waals surface area (Å²) in [5.41, 5.74) is 2.15. The molecule has 1 atom stereocenters. The average Bonchev–Trinajstić information content (AvgIpc) is 2.92. The number of hydrogen-bond donors (Lipinski definition) is 0. The van der Waals surface area contributed by atoms with Gasteiger partial charge < -0.3 is 4.74 Å². The number of rotatable bonds is 4. The standard InChI is InChI=1S/C22H19NO4S/c1-16-7-11-18(12-8-16)23-21(24)15-28(25,26)22(23)17-9-13-20(14-10-17)27-19-5-3-2-4-6-19/h2-14,22H,15H2,1H3/t22-/m1/s1. The Kier molecular flexibility index (Phi) is 4.65. The average molecular weight is 393 g/mol. The van der Waals surface area contributed by atoms with Crippen LogP contribution in [-0.2, 0) is 14.6 Å². The van der Waals surface area contributed by atoms with Gasteiger partial charge in [-0.15, -0.1) is 0 Å². The first kappa shape index (κ1) is 18.3. The Bertz CT molecular complexity index is 1090. The lowest BCUT2D eigenvalue weighted by Crippen LogP contribution is -2.29. The Morgan fingerprint density at radius 2 is 1.46 bits per heavy atom. The summed E-state index contributed by atoms with van der Waals surface area (Å²) in [6, 6.07) is 23.4. The molecule has 3 aromatic rings. The first-order valence-electron chi connectivity index (χ1n) is 8.87. The molecule has 1 aliphatic heterocycles. The van der Waals surface area contributed by atoms with E-state index in [0.29, 0.717) is 22.7 Å². The number of carbonyl (C=O) groups excluding carboxylic acids is 1. The Hall–Kier alpha value is -3.12. The highest BCUT2D eigenvalue weighted by atomic mass is 32.2. The van der Waals surface area contributed by atoms with Crippen LogP contribution in [0.3, 0.4) is 0 Å². The van der Waals surface area contributed by atoms with E-state index in [2.05, 4.69) is 0 Å². The van der Waals surface area contributed by atoms with Crippen LogP contribution in [0.25, 0.3) is 0 Å². The second-order valence-corrected chi connectivity index (χ2v) is 8.80. The van der Waals surface area contributed by atoms with Gasteiger partial charge in [0, 0.05) is 5.69 Å². The summed E-state index contributed by atoms with van der Waals surface area (Å²) in [6.45, 7) is 1.94. The van der Waals surface area contributed by atoms with Gasteiger partial charge in [-0.1, -0.05) is 48.0 Å². The molecular weight excluding hydrogens is 374 g/mol. The van der Waals surface area contributed by atoms with Gasteiger partial charge in [0.15, 0.2) is 15.2 Å². The second-order valence-electron chi connectivity index (χ2n) is 6.74. The van der Waals surface area contributed by atoms with E-state index in [4.69, 9.17) is 4.74 Å². The molecule has 0 N–H and O–H groups in total. The molecule has 28 heavy (non-hydrogen) atoms. The van der Waals surface area contributed by atoms with Gasteiger partial charge >= 0.3 is 0 Å². The van der Waals surface area contributed by atoms with Crippen LogP contribution in [0.5, 0.6) is 11.5 Å². The minimum Gasteiger partial charge on any atom is -0.457 e. The summed E-state index contributed by atoms with van der Waals surface area (Å²) in [5.74, 6) is 0.380. The molecule has 6 heteroatoms. The number of carbonyl (C=O) groups is 1. The number of nitrogens with zero attached hydrogens (tertiary/aromatic N) is 1. The van der Waals surface area contributed by atoms with E-state index in [1.807, 2.05) is 49.4 Å². The zero-order valence-electron chi connectivity index (χ0n) is 15.3. The number of benzene rings is 3. The summed E-state index contributed by atoms with van der Waals surface area (Å²) in [4.78, 5) is 13.9. The van der Waals surface area contributed by atoms with Gasteiger partial charge in [-0.2, -0.15) is 0 Å². The first-order valence-corrected chi connectivity index (χ1v) is 10.6. The van der Waals surface area contributed by atoms with Crippen LogP contribution in [0.2, 0.25) is 0 Å². The summed E-state index contributed by atoms with van der Waals surface area (Å²) in [6.07, 6.45) is 0. The van der Waals surface area contributed by atoms with Gasteiger partial charge in [0.1, 0.15) is 17.3 Å². The van der Waals surface area contributed by atoms with E-state index in [0.717, 1.165) is 5.56 Å². The Labute approximate surface area is 164 Å². The molecule has 1 heterocycles. The zero-order chi connectivity index (χ0) is 19.7. The van der Waals surface area contributed by atoms with E-state index < -0.39 is 26.9 Å². The van der Waals surface area contributed by atoms with E-state index in [-0.39, 0.29) is 0 Å². The lowest BCUT2D eigenvalue weighted by atomic mass is 10.1. The van der Waals surface area contributed by atoms with Crippen LogP contribution < -0.4 is 9.64 Å². The van der Waals surface area contributed by atoms with Gasteiger partial charge in [0.25, 0.3) is 0 Å². The molecule has 4 rings (SSSR count). The van der Waals surface area contributed by atoms with Gasteiger partial charge in [-0.25, -0.2) is 8.42 Å². The van der Waals surface area contributed by atoms with Crippen LogP contribution in [-0.4, -0.2) is 20.1 Å². The highest BCUT2D eigenvalue weighted by Gasteiger charge is 2.45. The third-order valence-electron chi connectivity index (χ3n) is 4.62. The summed E-state index contributed by atoms with van der Waals surface area (Å²) in [5, 5.41) is -1.03. The van der Waals surface area contributed by atoms with Crippen molar-refractivity contribution in [3.8, 4) is 11.5 Å². The quantitative estimate of drug-likeness (QED) is 0.665. The lowest BCUT2D eigenvalue weighted by Gasteiger charge is -2.24. The van der Waals surface area contributed by atoms with Crippen molar-refractivity contribution in [1.29, 1.82) is 0 Å². The maximum Gasteiger partial charge on any atom is 0.243 e. The number of amides is 1. The van der Waals surface area contributed by atoms with Crippen molar-refractivity contribution in [2.45, 2.75) is 12.3 Å². The molecule has 0 saturated carbocycles. The Balaban J connectivity index is 1.66. The van der Waals surface area contributed by atoms with Gasteiger partial charge in [0.05, 0.1) is 0 Å². The van der Waals surface area contributed by atoms with Gasteiger partial charge in [-0.3, -0.25) is 9.69 Å². The highest BCUT2D eigenvalue weighted by molar-refractivity contribution is 7.93. The molecule has 0 radical (unpaired) electrons. The van der Waals surface area contributed by atoms with Crippen molar-refractivity contribution in [2.75, 3.05) is 10.7 Å². The minimum atomic E-state index is -3.63. The molecular formula is C22H19NO4S. The number of hydrogen-bond acceptors (Lipinski definition) is 4. The number of ether oxygens (including phenoxy) is 1. The van der Waals surface area contributed by atoms with E-state index in [1.165, 1.54) is 4.90 Å². The predicted molar refractivity (Wildman–Crippen MR) is 108 cm³/mol. The molecule has 1 saturated heterocycles. The van der Waals surface area contributed by atoms with Crippen molar-refractivity contribution in [3.05, 3.63) is 90.0 Å². The first-order chi connectivity index (χ1) is 13.4. The van der Waals surface area contributed by atoms with Crippen molar-refractivity contribution < 1.29 is 17.9 Å². The molecule has 0 aliphatic carbocycles. The molecule has 0 aromatic heterocycles. The van der Waals surface area contributed by atoms with Gasteiger partial charge in [0.2, 0.25) is 5.91 Å². The molecule has 0 spiro atoms. The maximum atomic E-state index is 12.7. The number of sulfone groups is 1. The smallest absolute Gasteiger partial charge is 0.243 e. The third kappa shape index (κ3) is 3.51. The number of aryl methyl sites for hydroxylation is 1. The van der Waals surface area contributed by atoms with Crippen LogP contribution in [0.4, 0.5) is 5.69 Å². The summed E-state index contributed by atoms with van der Waals surface area (Å²) in [7, 11) is -3.63. The third-order valence-corrected chi connectivity index (χ3v) is 6.44. The summed E-state index contributed by atoms with van der Waals surface area (Å²) < 4.78 is 31.2. The minimum absolute atomic E-state index is 0.418. The van der Waals surface area contributed by atoms with E-state index in [1.54, 1.807) is 36.4 Å². The second kappa shape index (κ2) is 7.13. The SMILES string of the molecule is Cc1ccc(N2C(=O)CS(=O)(=O)[C@@H]2c2ccc(Oc3ccccc3)cc2)cc1. The van der Waals surface area contributed by atoms with Crippen molar-refractivity contribution in [1.82, 2.24) is 0 Å². The number of para-hydroxylation sites is 1. The fourth-order valence-electron chi connectivity index (χ4n) is 3.28. The molecule has 1 fully saturated rings. The summed E-state index contributed by atoms with van der Waals surface area (Å²) >= 11 is 0. The molecule has 3 aromatic carbocycles. The fourth-order valence-corrected chi connectivity index (χ4v) is 5.05. The lowest BCUT2D eigenvalue weighted by molar-refractivity contribution is -0.115. The Morgan fingerprint density at radius 3 is 2.11 bits per heavy atom.